The first-order valence-electron chi connectivity index (χ1n) is 9.86. The molecule has 0 amide bonds. The van der Waals surface area contributed by atoms with Crippen molar-refractivity contribution in [2.24, 2.45) is 0 Å². The van der Waals surface area contributed by atoms with E-state index in [4.69, 9.17) is 0 Å². The highest BCUT2D eigenvalue weighted by atomic mass is 14.0. The third-order valence-electron chi connectivity index (χ3n) is 5.66. The van der Waals surface area contributed by atoms with E-state index in [0.717, 1.165) is 0 Å². The minimum Gasteiger partial charge on any atom is -0.0814 e. The van der Waals surface area contributed by atoms with Gasteiger partial charge in [-0.3, -0.25) is 0 Å². The topological polar surface area (TPSA) is 0 Å². The van der Waals surface area contributed by atoms with Crippen LogP contribution in [-0.2, 0) is 0 Å². The molecule has 0 heterocycles. The van der Waals surface area contributed by atoms with Crippen LogP contribution in [0.3, 0.4) is 0 Å². The van der Waals surface area contributed by atoms with Crippen molar-refractivity contribution < 1.29 is 0 Å². The number of aryl methyl sites for hydroxylation is 6. The SMILES string of the molecule is CB(c1ccc([B]c2c(C)cc(C)cc2C)cc1)c1c(C)cc(C)cc1C. The van der Waals surface area contributed by atoms with Gasteiger partial charge in [-0.05, 0) is 41.5 Å². The monoisotopic (exact) mass is 351 g/mol. The van der Waals surface area contributed by atoms with Crippen LogP contribution in [0, 0.1) is 41.5 Å². The molecule has 0 aliphatic carbocycles. The van der Waals surface area contributed by atoms with Gasteiger partial charge >= 0.3 is 0 Å². The van der Waals surface area contributed by atoms with Crippen LogP contribution >= 0.6 is 0 Å². The molecule has 0 aliphatic rings. The fourth-order valence-corrected chi connectivity index (χ4v) is 4.51. The molecule has 0 saturated heterocycles. The van der Waals surface area contributed by atoms with Crippen molar-refractivity contribution in [1.82, 2.24) is 0 Å². The molecule has 3 aromatic carbocycles. The Bertz CT molecular complexity index is 922. The normalized spacial score (nSPS) is 10.8. The highest BCUT2D eigenvalue weighted by Crippen LogP contribution is 2.08. The van der Waals surface area contributed by atoms with E-state index in [-0.39, 0.29) is 0 Å². The van der Waals surface area contributed by atoms with Crippen LogP contribution in [0.5, 0.6) is 0 Å². The summed E-state index contributed by atoms with van der Waals surface area (Å²) < 4.78 is 0. The Morgan fingerprint density at radius 1 is 0.630 bits per heavy atom. The number of hydrogen-bond acceptors (Lipinski definition) is 0. The first kappa shape index (κ1) is 19.5. The van der Waals surface area contributed by atoms with Crippen LogP contribution < -0.4 is 21.9 Å². The van der Waals surface area contributed by atoms with E-state index >= 15 is 0 Å². The van der Waals surface area contributed by atoms with E-state index in [1.54, 1.807) is 0 Å². The summed E-state index contributed by atoms with van der Waals surface area (Å²) in [7, 11) is 2.31. The fraction of sp³-hybridized carbons (Fsp3) is 0.280. The van der Waals surface area contributed by atoms with Crippen LogP contribution in [0.25, 0.3) is 0 Å². The van der Waals surface area contributed by atoms with Gasteiger partial charge in [0, 0.05) is 0 Å². The molecule has 0 N–H and O–H groups in total. The van der Waals surface area contributed by atoms with E-state index < -0.39 is 0 Å². The molecule has 0 atom stereocenters. The highest BCUT2D eigenvalue weighted by molar-refractivity contribution is 6.84. The van der Waals surface area contributed by atoms with Gasteiger partial charge in [0.1, 0.15) is 0 Å². The zero-order chi connectivity index (χ0) is 19.7. The van der Waals surface area contributed by atoms with Crippen molar-refractivity contribution in [3.8, 4) is 0 Å². The van der Waals surface area contributed by atoms with Crippen LogP contribution in [0.1, 0.15) is 33.4 Å². The fourth-order valence-electron chi connectivity index (χ4n) is 4.51. The van der Waals surface area contributed by atoms with Gasteiger partial charge in [-0.1, -0.05) is 111 Å². The first-order chi connectivity index (χ1) is 12.8. The highest BCUT2D eigenvalue weighted by Gasteiger charge is 2.18. The van der Waals surface area contributed by atoms with E-state index in [9.17, 15) is 0 Å². The van der Waals surface area contributed by atoms with Crippen LogP contribution in [0.2, 0.25) is 6.82 Å². The summed E-state index contributed by atoms with van der Waals surface area (Å²) in [4.78, 5) is 0. The van der Waals surface area contributed by atoms with E-state index in [1.165, 1.54) is 55.2 Å². The maximum absolute atomic E-state index is 2.32. The molecule has 27 heavy (non-hydrogen) atoms. The van der Waals surface area contributed by atoms with Crippen LogP contribution in [-0.4, -0.2) is 14.0 Å². The lowest BCUT2D eigenvalue weighted by Crippen LogP contribution is -2.43. The molecular weight excluding hydrogens is 322 g/mol. The van der Waals surface area contributed by atoms with Gasteiger partial charge in [0.15, 0.2) is 7.28 Å². The van der Waals surface area contributed by atoms with Gasteiger partial charge in [-0.2, -0.15) is 0 Å². The molecule has 0 bridgehead atoms. The molecule has 0 aliphatic heterocycles. The molecular formula is C25H29B2. The molecule has 1 radical (unpaired) electrons. The minimum absolute atomic E-state index is 0.405. The molecule has 135 valence electrons. The summed E-state index contributed by atoms with van der Waals surface area (Å²) in [6.07, 6.45) is 0. The van der Waals surface area contributed by atoms with Gasteiger partial charge in [0.25, 0.3) is 0 Å². The zero-order valence-electron chi connectivity index (χ0n) is 17.8. The van der Waals surface area contributed by atoms with Gasteiger partial charge in [0.2, 0.25) is 6.71 Å². The lowest BCUT2D eigenvalue weighted by Gasteiger charge is -2.17. The third kappa shape index (κ3) is 4.21. The minimum atomic E-state index is 0.405. The Kier molecular flexibility index (Phi) is 5.65. The molecule has 0 aromatic heterocycles. The Hall–Kier alpha value is -2.21. The summed E-state index contributed by atoms with van der Waals surface area (Å²) in [5.74, 6) is 0. The summed E-state index contributed by atoms with van der Waals surface area (Å²) in [6.45, 7) is 15.9. The molecule has 3 rings (SSSR count). The second kappa shape index (κ2) is 7.80. The average Bonchev–Trinajstić information content (AvgIpc) is 2.57. The van der Waals surface area contributed by atoms with Crippen molar-refractivity contribution in [3.63, 3.8) is 0 Å². The predicted octanol–water partition coefficient (Wildman–Crippen LogP) is 3.43. The quantitative estimate of drug-likeness (QED) is 0.632. The Labute approximate surface area is 166 Å². The predicted molar refractivity (Wildman–Crippen MR) is 124 cm³/mol. The van der Waals surface area contributed by atoms with Crippen LogP contribution in [0.4, 0.5) is 0 Å². The van der Waals surface area contributed by atoms with Crippen molar-refractivity contribution in [3.05, 3.63) is 81.9 Å². The van der Waals surface area contributed by atoms with E-state index in [0.29, 0.717) is 6.71 Å². The Morgan fingerprint density at radius 3 is 1.56 bits per heavy atom. The molecule has 0 saturated carbocycles. The molecule has 0 unspecified atom stereocenters. The maximum Gasteiger partial charge on any atom is 0.206 e. The molecule has 2 heteroatoms. The zero-order valence-corrected chi connectivity index (χ0v) is 17.8. The summed E-state index contributed by atoms with van der Waals surface area (Å²) in [6, 6.07) is 18.2. The lowest BCUT2D eigenvalue weighted by molar-refractivity contribution is 1.35. The van der Waals surface area contributed by atoms with Gasteiger partial charge in [-0.15, -0.1) is 0 Å². The van der Waals surface area contributed by atoms with Gasteiger partial charge in [-0.25, -0.2) is 0 Å². The molecule has 3 aromatic rings. The number of rotatable bonds is 4. The average molecular weight is 351 g/mol. The second-order valence-electron chi connectivity index (χ2n) is 8.16. The van der Waals surface area contributed by atoms with E-state index in [2.05, 4.69) is 104 Å². The van der Waals surface area contributed by atoms with Gasteiger partial charge < -0.3 is 0 Å². The second-order valence-corrected chi connectivity index (χ2v) is 8.16. The van der Waals surface area contributed by atoms with Crippen molar-refractivity contribution in [1.29, 1.82) is 0 Å². The first-order valence-corrected chi connectivity index (χ1v) is 9.86. The standard InChI is InChI=1S/C25H29B2/c1-16-12-18(3)24(19(4)13-16)26-22-8-10-23(11-9-22)27(7)25-20(5)14-17(2)15-21(25)6/h8-15H,1-7H3. The van der Waals surface area contributed by atoms with E-state index in [1.807, 2.05) is 0 Å². The van der Waals surface area contributed by atoms with Crippen molar-refractivity contribution >= 4 is 35.8 Å². The summed E-state index contributed by atoms with van der Waals surface area (Å²) in [5, 5.41) is 0. The Morgan fingerprint density at radius 2 is 1.07 bits per heavy atom. The summed E-state index contributed by atoms with van der Waals surface area (Å²) in [5.41, 5.74) is 13.6. The smallest absolute Gasteiger partial charge is 0.0814 e. The van der Waals surface area contributed by atoms with Crippen molar-refractivity contribution in [2.75, 3.05) is 0 Å². The third-order valence-corrected chi connectivity index (χ3v) is 5.66. The van der Waals surface area contributed by atoms with Gasteiger partial charge in [0.05, 0.1) is 0 Å². The number of benzene rings is 3. The van der Waals surface area contributed by atoms with Crippen LogP contribution in [0.15, 0.2) is 48.5 Å². The Balaban J connectivity index is 1.86. The number of hydrogen-bond donors (Lipinski definition) is 0. The molecule has 0 spiro atoms. The maximum atomic E-state index is 2.32. The molecule has 0 fully saturated rings. The summed E-state index contributed by atoms with van der Waals surface area (Å²) >= 11 is 0. The molecule has 0 nitrogen and oxygen atoms in total. The van der Waals surface area contributed by atoms with Crippen molar-refractivity contribution in [2.45, 2.75) is 48.4 Å². The lowest BCUT2D eigenvalue weighted by atomic mass is 9.41. The largest absolute Gasteiger partial charge is 0.206 e.